The molecule has 0 spiro atoms. The van der Waals surface area contributed by atoms with Crippen LogP contribution in [0.5, 0.6) is 0 Å². The molecule has 0 atom stereocenters. The average molecular weight is 362 g/mol. The van der Waals surface area contributed by atoms with Crippen LogP contribution in [0.15, 0.2) is 48.5 Å². The Hall–Kier alpha value is -2.51. The first-order valence-electron chi connectivity index (χ1n) is 7.04. The molecule has 0 saturated heterocycles. The molecule has 0 aliphatic carbocycles. The summed E-state index contributed by atoms with van der Waals surface area (Å²) < 4.78 is 75.7. The Bertz CT molecular complexity index is 672. The van der Waals surface area contributed by atoms with Gasteiger partial charge in [-0.15, -0.1) is 0 Å². The van der Waals surface area contributed by atoms with E-state index in [9.17, 15) is 31.1 Å². The summed E-state index contributed by atoms with van der Waals surface area (Å²) in [5, 5.41) is 9.01. The Labute approximate surface area is 138 Å². The summed E-state index contributed by atoms with van der Waals surface area (Å²) in [5.41, 5.74) is -1.24. The van der Waals surface area contributed by atoms with E-state index < -0.39 is 41.8 Å². The van der Waals surface area contributed by atoms with E-state index in [4.69, 9.17) is 5.11 Å². The van der Waals surface area contributed by atoms with Gasteiger partial charge in [-0.3, -0.25) is 4.79 Å². The fourth-order valence-corrected chi connectivity index (χ4v) is 2.41. The highest BCUT2D eigenvalue weighted by Crippen LogP contribution is 2.35. The van der Waals surface area contributed by atoms with E-state index >= 15 is 0 Å². The standard InChI is InChI=1S/C17H12F6O2/c18-16(19,20)12-5-1-10(2-6-12)14(9-15(24)25)11-3-7-13(8-4-11)17(21,22)23/h1-8,14H,9H2,(H,24,25). The highest BCUT2D eigenvalue weighted by atomic mass is 19.4. The second-order valence-corrected chi connectivity index (χ2v) is 5.39. The zero-order chi connectivity index (χ0) is 18.8. The maximum Gasteiger partial charge on any atom is 0.416 e. The van der Waals surface area contributed by atoms with E-state index in [-0.39, 0.29) is 11.1 Å². The van der Waals surface area contributed by atoms with E-state index in [0.29, 0.717) is 0 Å². The van der Waals surface area contributed by atoms with Crippen molar-refractivity contribution in [1.29, 1.82) is 0 Å². The van der Waals surface area contributed by atoms with E-state index in [2.05, 4.69) is 0 Å². The molecular formula is C17H12F6O2. The first-order chi connectivity index (χ1) is 11.5. The summed E-state index contributed by atoms with van der Waals surface area (Å²) >= 11 is 0. The summed E-state index contributed by atoms with van der Waals surface area (Å²) in [6.45, 7) is 0. The van der Waals surface area contributed by atoms with Crippen molar-refractivity contribution < 1.29 is 36.2 Å². The van der Waals surface area contributed by atoms with Gasteiger partial charge in [0.1, 0.15) is 0 Å². The normalized spacial score (nSPS) is 12.4. The van der Waals surface area contributed by atoms with Crippen molar-refractivity contribution in [3.8, 4) is 0 Å². The lowest BCUT2D eigenvalue weighted by Crippen LogP contribution is -2.10. The molecule has 0 aliphatic heterocycles. The van der Waals surface area contributed by atoms with Crippen LogP contribution in [0.25, 0.3) is 0 Å². The summed E-state index contributed by atoms with van der Waals surface area (Å²) in [7, 11) is 0. The van der Waals surface area contributed by atoms with Gasteiger partial charge in [0.15, 0.2) is 0 Å². The molecule has 0 heterocycles. The lowest BCUT2D eigenvalue weighted by molar-refractivity contribution is -0.138. The SMILES string of the molecule is O=C(O)CC(c1ccc(C(F)(F)F)cc1)c1ccc(C(F)(F)F)cc1. The highest BCUT2D eigenvalue weighted by Gasteiger charge is 2.32. The first kappa shape index (κ1) is 18.8. The number of aliphatic carboxylic acids is 1. The van der Waals surface area contributed by atoms with E-state index in [0.717, 1.165) is 48.5 Å². The highest BCUT2D eigenvalue weighted by molar-refractivity contribution is 5.69. The van der Waals surface area contributed by atoms with Crippen molar-refractivity contribution in [1.82, 2.24) is 0 Å². The minimum atomic E-state index is -4.53. The second kappa shape index (κ2) is 6.78. The van der Waals surface area contributed by atoms with Gasteiger partial charge in [-0.2, -0.15) is 26.3 Å². The number of hydrogen-bond acceptors (Lipinski definition) is 1. The van der Waals surface area contributed by atoms with Crippen LogP contribution in [0.2, 0.25) is 0 Å². The van der Waals surface area contributed by atoms with Gasteiger partial charge < -0.3 is 5.11 Å². The van der Waals surface area contributed by atoms with Crippen LogP contribution < -0.4 is 0 Å². The fourth-order valence-electron chi connectivity index (χ4n) is 2.41. The van der Waals surface area contributed by atoms with Crippen molar-refractivity contribution in [2.75, 3.05) is 0 Å². The zero-order valence-corrected chi connectivity index (χ0v) is 12.5. The molecule has 0 saturated carbocycles. The molecule has 2 aromatic rings. The van der Waals surface area contributed by atoms with Crippen LogP contribution in [0.1, 0.15) is 34.6 Å². The van der Waals surface area contributed by atoms with Gasteiger partial charge in [-0.25, -0.2) is 0 Å². The molecule has 1 N–H and O–H groups in total. The smallest absolute Gasteiger partial charge is 0.416 e. The van der Waals surface area contributed by atoms with Crippen molar-refractivity contribution in [2.24, 2.45) is 0 Å². The number of carboxylic acid groups (broad SMARTS) is 1. The number of rotatable bonds is 4. The molecule has 2 nitrogen and oxygen atoms in total. The minimum absolute atomic E-state index is 0.273. The third-order valence-corrected chi connectivity index (χ3v) is 3.66. The molecule has 0 bridgehead atoms. The quantitative estimate of drug-likeness (QED) is 0.747. The van der Waals surface area contributed by atoms with Crippen molar-refractivity contribution in [3.05, 3.63) is 70.8 Å². The Morgan fingerprint density at radius 2 is 1.08 bits per heavy atom. The summed E-state index contributed by atoms with van der Waals surface area (Å²) in [6.07, 6.45) is -9.53. The summed E-state index contributed by atoms with van der Waals surface area (Å²) in [6, 6.07) is 7.79. The monoisotopic (exact) mass is 362 g/mol. The van der Waals surface area contributed by atoms with Crippen molar-refractivity contribution in [2.45, 2.75) is 24.7 Å². The number of carbonyl (C=O) groups is 1. The molecule has 0 aliphatic rings. The number of halogens is 6. The minimum Gasteiger partial charge on any atom is -0.481 e. The molecule has 134 valence electrons. The molecule has 2 rings (SSSR count). The number of benzene rings is 2. The van der Waals surface area contributed by atoms with E-state index in [1.807, 2.05) is 0 Å². The topological polar surface area (TPSA) is 37.3 Å². The summed E-state index contributed by atoms with van der Waals surface area (Å²) in [4.78, 5) is 11.0. The van der Waals surface area contributed by atoms with Gasteiger partial charge in [0.2, 0.25) is 0 Å². The van der Waals surface area contributed by atoms with Gasteiger partial charge in [0.05, 0.1) is 17.5 Å². The molecule has 0 unspecified atom stereocenters. The fraction of sp³-hybridized carbons (Fsp3) is 0.235. The van der Waals surface area contributed by atoms with Crippen LogP contribution in [0.3, 0.4) is 0 Å². The number of hydrogen-bond donors (Lipinski definition) is 1. The summed E-state index contributed by atoms with van der Waals surface area (Å²) in [5.74, 6) is -2.08. The largest absolute Gasteiger partial charge is 0.481 e. The third-order valence-electron chi connectivity index (χ3n) is 3.66. The van der Waals surface area contributed by atoms with E-state index in [1.54, 1.807) is 0 Å². The van der Waals surface area contributed by atoms with Crippen molar-refractivity contribution >= 4 is 5.97 Å². The molecule has 0 fully saturated rings. The molecule has 2 aromatic carbocycles. The number of carboxylic acids is 1. The zero-order valence-electron chi connectivity index (χ0n) is 12.5. The van der Waals surface area contributed by atoms with Gasteiger partial charge in [0, 0.05) is 5.92 Å². The lowest BCUT2D eigenvalue weighted by Gasteiger charge is -2.18. The van der Waals surface area contributed by atoms with Crippen LogP contribution in [-0.2, 0) is 17.1 Å². The Morgan fingerprint density at radius 3 is 1.32 bits per heavy atom. The van der Waals surface area contributed by atoms with Crippen LogP contribution >= 0.6 is 0 Å². The molecule has 0 radical (unpaired) electrons. The first-order valence-corrected chi connectivity index (χ1v) is 7.04. The maximum atomic E-state index is 12.6. The van der Waals surface area contributed by atoms with Gasteiger partial charge in [0.25, 0.3) is 0 Å². The number of alkyl halides is 6. The molecule has 25 heavy (non-hydrogen) atoms. The Kier molecular flexibility index (Phi) is 5.10. The van der Waals surface area contributed by atoms with Crippen LogP contribution in [-0.4, -0.2) is 11.1 Å². The van der Waals surface area contributed by atoms with Gasteiger partial charge in [-0.1, -0.05) is 24.3 Å². The lowest BCUT2D eigenvalue weighted by atomic mass is 9.87. The molecule has 0 amide bonds. The Balaban J connectivity index is 2.38. The molecule has 0 aromatic heterocycles. The third kappa shape index (κ3) is 4.74. The predicted octanol–water partition coefficient (Wildman–Crippen LogP) is 5.33. The predicted molar refractivity (Wildman–Crippen MR) is 77.0 cm³/mol. The van der Waals surface area contributed by atoms with Gasteiger partial charge >= 0.3 is 18.3 Å². The average Bonchev–Trinajstić information content (AvgIpc) is 2.51. The Morgan fingerprint density at radius 1 is 0.760 bits per heavy atom. The van der Waals surface area contributed by atoms with Crippen LogP contribution in [0.4, 0.5) is 26.3 Å². The molecule has 8 heteroatoms. The maximum absolute atomic E-state index is 12.6. The molecular weight excluding hydrogens is 350 g/mol. The second-order valence-electron chi connectivity index (χ2n) is 5.39. The van der Waals surface area contributed by atoms with Crippen LogP contribution in [0, 0.1) is 0 Å². The van der Waals surface area contributed by atoms with E-state index in [1.165, 1.54) is 0 Å². The van der Waals surface area contributed by atoms with Crippen molar-refractivity contribution in [3.63, 3.8) is 0 Å². The van der Waals surface area contributed by atoms with Gasteiger partial charge in [-0.05, 0) is 35.4 Å².